The van der Waals surface area contributed by atoms with Gasteiger partial charge in [-0.1, -0.05) is 91.0 Å². The molecule has 37 heavy (non-hydrogen) atoms. The second-order valence-corrected chi connectivity index (χ2v) is 9.82. The van der Waals surface area contributed by atoms with Gasteiger partial charge in [-0.3, -0.25) is 19.3 Å². The Morgan fingerprint density at radius 1 is 0.946 bits per heavy atom. The van der Waals surface area contributed by atoms with Crippen molar-refractivity contribution in [2.24, 2.45) is 0 Å². The number of nitrogens with zero attached hydrogens (tertiary/aromatic N) is 1. The fraction of sp³-hybridized carbons (Fsp3) is 0.172. The summed E-state index contributed by atoms with van der Waals surface area (Å²) < 4.78 is 5.94. The van der Waals surface area contributed by atoms with E-state index >= 15 is 0 Å². The zero-order valence-corrected chi connectivity index (χ0v) is 20.6. The maximum absolute atomic E-state index is 13.5. The molecule has 3 aromatic rings. The zero-order chi connectivity index (χ0) is 25.8. The predicted octanol–water partition coefficient (Wildman–Crippen LogP) is 3.41. The molecule has 0 aliphatic carbocycles. The average molecular weight is 513 g/mol. The molecule has 2 heterocycles. The van der Waals surface area contributed by atoms with Gasteiger partial charge in [0.05, 0.1) is 6.42 Å². The third-order valence-electron chi connectivity index (χ3n) is 6.29. The number of carbonyl (C=O) groups excluding carboxylic acids is 4. The number of nitrogens with one attached hydrogen (secondary N) is 1. The smallest absolute Gasteiger partial charge is 0.356 e. The molecule has 2 aliphatic rings. The van der Waals surface area contributed by atoms with Crippen LogP contribution in [0.2, 0.25) is 0 Å². The maximum atomic E-state index is 13.5. The summed E-state index contributed by atoms with van der Waals surface area (Å²) in [5.41, 5.74) is 2.49. The van der Waals surface area contributed by atoms with Crippen LogP contribution in [0, 0.1) is 0 Å². The largest absolute Gasteiger partial charge is 0.448 e. The fourth-order valence-corrected chi connectivity index (χ4v) is 5.77. The van der Waals surface area contributed by atoms with Gasteiger partial charge < -0.3 is 10.1 Å². The van der Waals surface area contributed by atoms with Gasteiger partial charge in [-0.05, 0) is 16.7 Å². The zero-order valence-electron chi connectivity index (χ0n) is 19.8. The van der Waals surface area contributed by atoms with Crippen LogP contribution in [0.25, 0.3) is 0 Å². The minimum atomic E-state index is -0.781. The lowest BCUT2D eigenvalue weighted by Crippen LogP contribution is -2.70. The number of carbonyl (C=O) groups is 4. The van der Waals surface area contributed by atoms with E-state index in [0.717, 1.165) is 16.7 Å². The molecule has 0 aromatic heterocycles. The molecule has 0 radical (unpaired) electrons. The van der Waals surface area contributed by atoms with Crippen LogP contribution in [0.4, 0.5) is 0 Å². The summed E-state index contributed by atoms with van der Waals surface area (Å²) in [6.07, 6.45) is 0.0115. The molecule has 2 atom stereocenters. The van der Waals surface area contributed by atoms with Crippen LogP contribution in [-0.2, 0) is 30.3 Å². The molecule has 2 unspecified atom stereocenters. The van der Waals surface area contributed by atoms with E-state index in [0.29, 0.717) is 6.29 Å². The van der Waals surface area contributed by atoms with Crippen molar-refractivity contribution in [3.05, 3.63) is 119 Å². The number of ether oxygens (including phenoxy) is 1. The van der Waals surface area contributed by atoms with Crippen molar-refractivity contribution in [2.45, 2.75) is 23.9 Å². The first-order valence-corrected chi connectivity index (χ1v) is 12.9. The van der Waals surface area contributed by atoms with E-state index in [1.165, 1.54) is 16.7 Å². The Hall–Kier alpha value is -4.17. The Balaban J connectivity index is 1.35. The van der Waals surface area contributed by atoms with E-state index in [1.807, 2.05) is 91.0 Å². The molecule has 0 spiro atoms. The molecule has 2 aliphatic heterocycles. The predicted molar refractivity (Wildman–Crippen MR) is 139 cm³/mol. The molecule has 2 amide bonds. The number of amides is 2. The Kier molecular flexibility index (Phi) is 7.18. The summed E-state index contributed by atoms with van der Waals surface area (Å²) in [6.45, 7) is 0. The fourth-order valence-electron chi connectivity index (χ4n) is 4.48. The number of fused-ring (bicyclic) bond motifs is 1. The Morgan fingerprint density at radius 3 is 2.08 bits per heavy atom. The summed E-state index contributed by atoms with van der Waals surface area (Å²) >= 11 is 1.33. The topological polar surface area (TPSA) is 92.8 Å². The molecule has 0 saturated carbocycles. The molecule has 1 saturated heterocycles. The molecule has 7 nitrogen and oxygen atoms in total. The van der Waals surface area contributed by atoms with Crippen molar-refractivity contribution in [2.75, 3.05) is 5.75 Å². The second-order valence-electron chi connectivity index (χ2n) is 8.72. The first kappa shape index (κ1) is 24.5. The third-order valence-corrected chi connectivity index (χ3v) is 7.59. The lowest BCUT2D eigenvalue weighted by molar-refractivity contribution is -0.154. The summed E-state index contributed by atoms with van der Waals surface area (Å²) in [7, 11) is 0. The van der Waals surface area contributed by atoms with Crippen molar-refractivity contribution in [3.8, 4) is 0 Å². The lowest BCUT2D eigenvalue weighted by atomic mass is 10.0. The van der Waals surface area contributed by atoms with Gasteiger partial charge in [-0.25, -0.2) is 4.79 Å². The standard InChI is InChI=1S/C29H24N2O5S/c32-17-22-18-37-28-24(30-23(33)16-19-10-4-1-5-11-19)27(34)31(28)25(22)29(35)36-26(20-12-6-2-7-13-20)21-14-8-3-9-15-21/h1-15,17,24,26,28H,16,18H2,(H,30,33). The van der Waals surface area contributed by atoms with Gasteiger partial charge in [0.2, 0.25) is 5.91 Å². The third kappa shape index (κ3) is 5.06. The average Bonchev–Trinajstić information content (AvgIpc) is 2.95. The molecular weight excluding hydrogens is 488 g/mol. The number of rotatable bonds is 8. The first-order valence-electron chi connectivity index (χ1n) is 11.8. The van der Waals surface area contributed by atoms with Gasteiger partial charge in [-0.2, -0.15) is 0 Å². The highest BCUT2D eigenvalue weighted by atomic mass is 32.2. The van der Waals surface area contributed by atoms with Gasteiger partial charge in [-0.15, -0.1) is 11.8 Å². The van der Waals surface area contributed by atoms with E-state index in [-0.39, 0.29) is 29.4 Å². The van der Waals surface area contributed by atoms with E-state index in [4.69, 9.17) is 4.74 Å². The van der Waals surface area contributed by atoms with Crippen LogP contribution in [0.15, 0.2) is 102 Å². The highest BCUT2D eigenvalue weighted by molar-refractivity contribution is 8.00. The number of thioether (sulfide) groups is 1. The summed E-state index contributed by atoms with van der Waals surface area (Å²) in [4.78, 5) is 52.3. The summed E-state index contributed by atoms with van der Waals surface area (Å²) in [6, 6.07) is 27.0. The molecule has 1 N–H and O–H groups in total. The maximum Gasteiger partial charge on any atom is 0.356 e. The van der Waals surface area contributed by atoms with Gasteiger partial charge in [0.15, 0.2) is 6.10 Å². The van der Waals surface area contributed by atoms with Gasteiger partial charge >= 0.3 is 5.97 Å². The Labute approximate surface area is 218 Å². The van der Waals surface area contributed by atoms with Crippen LogP contribution in [0.3, 0.4) is 0 Å². The molecule has 1 fully saturated rings. The van der Waals surface area contributed by atoms with Crippen LogP contribution in [-0.4, -0.2) is 46.1 Å². The summed E-state index contributed by atoms with van der Waals surface area (Å²) in [5, 5.41) is 2.29. The van der Waals surface area contributed by atoms with Gasteiger partial charge in [0, 0.05) is 11.3 Å². The Morgan fingerprint density at radius 2 is 1.51 bits per heavy atom. The monoisotopic (exact) mass is 512 g/mol. The molecule has 0 bridgehead atoms. The van der Waals surface area contributed by atoms with Crippen LogP contribution in [0.1, 0.15) is 22.8 Å². The quantitative estimate of drug-likeness (QED) is 0.283. The number of benzene rings is 3. The van der Waals surface area contributed by atoms with E-state index in [9.17, 15) is 19.2 Å². The van der Waals surface area contributed by atoms with Crippen LogP contribution >= 0.6 is 11.8 Å². The Bertz CT molecular complexity index is 1300. The number of hydrogen-bond acceptors (Lipinski definition) is 6. The van der Waals surface area contributed by atoms with Crippen LogP contribution < -0.4 is 5.32 Å². The van der Waals surface area contributed by atoms with Gasteiger partial charge in [0.1, 0.15) is 23.4 Å². The normalized spacial score (nSPS) is 18.6. The highest BCUT2D eigenvalue weighted by Crippen LogP contribution is 2.41. The number of hydrogen-bond donors (Lipinski definition) is 1. The van der Waals surface area contributed by atoms with E-state index in [1.54, 1.807) is 0 Å². The molecular formula is C29H24N2O5S. The van der Waals surface area contributed by atoms with Crippen molar-refractivity contribution in [3.63, 3.8) is 0 Å². The van der Waals surface area contributed by atoms with E-state index < -0.39 is 29.4 Å². The SMILES string of the molecule is O=CC1=C(C(=O)OC(c2ccccc2)c2ccccc2)N2C(=O)C(NC(=O)Cc3ccccc3)C2SC1. The van der Waals surface area contributed by atoms with Gasteiger partial charge in [0.25, 0.3) is 5.91 Å². The minimum Gasteiger partial charge on any atom is -0.448 e. The molecule has 5 rings (SSSR count). The van der Waals surface area contributed by atoms with E-state index in [2.05, 4.69) is 5.32 Å². The number of esters is 1. The molecule has 8 heteroatoms. The minimum absolute atomic E-state index is 0.0610. The molecule has 186 valence electrons. The van der Waals surface area contributed by atoms with Crippen molar-refractivity contribution < 1.29 is 23.9 Å². The number of aldehydes is 1. The summed E-state index contributed by atoms with van der Waals surface area (Å²) in [5.74, 6) is -1.25. The highest BCUT2D eigenvalue weighted by Gasteiger charge is 2.54. The molecule has 3 aromatic carbocycles. The second kappa shape index (κ2) is 10.8. The lowest BCUT2D eigenvalue weighted by Gasteiger charge is -2.49. The van der Waals surface area contributed by atoms with Crippen molar-refractivity contribution >= 4 is 35.8 Å². The van der Waals surface area contributed by atoms with Crippen LogP contribution in [0.5, 0.6) is 0 Å². The van der Waals surface area contributed by atoms with Crippen molar-refractivity contribution in [1.29, 1.82) is 0 Å². The first-order chi connectivity index (χ1) is 18.1. The number of β-lactam (4-membered cyclic amide) rings is 1. The van der Waals surface area contributed by atoms with Crippen molar-refractivity contribution in [1.82, 2.24) is 10.2 Å².